The Morgan fingerprint density at radius 2 is 1.96 bits per heavy atom. The molecule has 8 heteroatoms. The van der Waals surface area contributed by atoms with Gasteiger partial charge in [-0.1, -0.05) is 0 Å². The summed E-state index contributed by atoms with van der Waals surface area (Å²) in [6, 6.07) is 6.88. The van der Waals surface area contributed by atoms with E-state index < -0.39 is 11.2 Å². The van der Waals surface area contributed by atoms with Crippen molar-refractivity contribution in [1.82, 2.24) is 14.5 Å². The quantitative estimate of drug-likeness (QED) is 0.751. The molecule has 0 atom stereocenters. The average Bonchev–Trinajstić information content (AvgIpc) is 2.55. The van der Waals surface area contributed by atoms with E-state index in [1.165, 1.54) is 41.4 Å². The summed E-state index contributed by atoms with van der Waals surface area (Å²) in [6.07, 6.45) is 1.87. The third-order valence-corrected chi connectivity index (χ3v) is 3.35. The second-order valence-electron chi connectivity index (χ2n) is 5.21. The lowest BCUT2D eigenvalue weighted by atomic mass is 10.3. The van der Waals surface area contributed by atoms with E-state index in [0.29, 0.717) is 25.3 Å². The molecule has 1 amide bonds. The van der Waals surface area contributed by atoms with Crippen LogP contribution in [0.3, 0.4) is 0 Å². The Labute approximate surface area is 137 Å². The zero-order valence-corrected chi connectivity index (χ0v) is 13.2. The lowest BCUT2D eigenvalue weighted by Crippen LogP contribution is -2.37. The Balaban J connectivity index is 1.76. The molecule has 0 spiro atoms. The van der Waals surface area contributed by atoms with Gasteiger partial charge in [-0.2, -0.15) is 0 Å². The third kappa shape index (κ3) is 5.08. The minimum absolute atomic E-state index is 0.148. The Morgan fingerprint density at radius 3 is 2.62 bits per heavy atom. The van der Waals surface area contributed by atoms with Crippen LogP contribution in [0, 0.1) is 5.82 Å². The molecule has 128 valence electrons. The molecule has 0 aliphatic rings. The highest BCUT2D eigenvalue weighted by Gasteiger charge is 2.10. The highest BCUT2D eigenvalue weighted by molar-refractivity contribution is 5.75. The number of carbonyl (C=O) groups excluding carboxylic acids is 1. The van der Waals surface area contributed by atoms with E-state index in [9.17, 15) is 18.8 Å². The van der Waals surface area contributed by atoms with E-state index in [0.717, 1.165) is 4.57 Å². The van der Waals surface area contributed by atoms with Crippen LogP contribution in [0.15, 0.2) is 46.1 Å². The van der Waals surface area contributed by atoms with Crippen LogP contribution in [-0.2, 0) is 11.3 Å². The topological polar surface area (TPSA) is 84.4 Å². The minimum atomic E-state index is -0.621. The van der Waals surface area contributed by atoms with Crippen LogP contribution in [0.1, 0.15) is 6.42 Å². The summed E-state index contributed by atoms with van der Waals surface area (Å²) >= 11 is 0. The number of nitrogens with one attached hydrogen (secondary N) is 1. The number of likely N-dealkylation sites (N-methyl/N-ethyl adjacent to an activating group) is 1. The Morgan fingerprint density at radius 1 is 1.25 bits per heavy atom. The Bertz CT molecular complexity index is 798. The van der Waals surface area contributed by atoms with Crippen LogP contribution in [0.25, 0.3) is 0 Å². The zero-order valence-electron chi connectivity index (χ0n) is 13.2. The zero-order chi connectivity index (χ0) is 17.5. The van der Waals surface area contributed by atoms with Crippen LogP contribution in [0.5, 0.6) is 5.75 Å². The van der Waals surface area contributed by atoms with Crippen molar-refractivity contribution >= 4 is 5.91 Å². The average molecular weight is 335 g/mol. The van der Waals surface area contributed by atoms with Crippen molar-refractivity contribution in [3.8, 4) is 5.75 Å². The molecule has 0 aliphatic carbocycles. The van der Waals surface area contributed by atoms with Gasteiger partial charge in [-0.05, 0) is 30.7 Å². The van der Waals surface area contributed by atoms with Gasteiger partial charge < -0.3 is 9.64 Å². The van der Waals surface area contributed by atoms with E-state index in [4.69, 9.17) is 4.74 Å². The van der Waals surface area contributed by atoms with E-state index >= 15 is 0 Å². The van der Waals surface area contributed by atoms with E-state index in [1.807, 2.05) is 0 Å². The molecule has 0 radical (unpaired) electrons. The van der Waals surface area contributed by atoms with Gasteiger partial charge >= 0.3 is 5.69 Å². The van der Waals surface area contributed by atoms with Crippen LogP contribution < -0.4 is 16.0 Å². The number of halogens is 1. The molecule has 0 aliphatic heterocycles. The molecule has 0 saturated carbocycles. The molecule has 1 aromatic heterocycles. The monoisotopic (exact) mass is 335 g/mol. The minimum Gasteiger partial charge on any atom is -0.494 e. The highest BCUT2D eigenvalue weighted by atomic mass is 19.1. The molecule has 1 aromatic carbocycles. The maximum absolute atomic E-state index is 12.8. The van der Waals surface area contributed by atoms with Gasteiger partial charge in [0.15, 0.2) is 0 Å². The van der Waals surface area contributed by atoms with Crippen molar-refractivity contribution in [2.24, 2.45) is 0 Å². The molecule has 1 N–H and O–H groups in total. The van der Waals surface area contributed by atoms with Crippen molar-refractivity contribution in [2.45, 2.75) is 13.0 Å². The summed E-state index contributed by atoms with van der Waals surface area (Å²) in [6.45, 7) is 0.672. The molecule has 1 heterocycles. The summed E-state index contributed by atoms with van der Waals surface area (Å²) in [5.74, 6) is -0.0266. The molecule has 24 heavy (non-hydrogen) atoms. The van der Waals surface area contributed by atoms with Crippen LogP contribution in [-0.4, -0.2) is 40.6 Å². The SMILES string of the molecule is CN(CCCOc1ccc(F)cc1)C(=O)Cn1ccc(=O)[nH]c1=O. The third-order valence-electron chi connectivity index (χ3n) is 3.35. The fraction of sp³-hybridized carbons (Fsp3) is 0.312. The van der Waals surface area contributed by atoms with Gasteiger partial charge in [-0.3, -0.25) is 19.1 Å². The van der Waals surface area contributed by atoms with Gasteiger partial charge in [0.1, 0.15) is 18.1 Å². The fourth-order valence-corrected chi connectivity index (χ4v) is 1.98. The van der Waals surface area contributed by atoms with Gasteiger partial charge in [-0.15, -0.1) is 0 Å². The number of rotatable bonds is 7. The summed E-state index contributed by atoms with van der Waals surface area (Å²) in [5, 5.41) is 0. The van der Waals surface area contributed by atoms with Gasteiger partial charge in [0, 0.05) is 25.9 Å². The fourth-order valence-electron chi connectivity index (χ4n) is 1.98. The summed E-state index contributed by atoms with van der Waals surface area (Å²) in [5.41, 5.74) is -1.13. The van der Waals surface area contributed by atoms with Crippen LogP contribution >= 0.6 is 0 Å². The van der Waals surface area contributed by atoms with E-state index in [2.05, 4.69) is 4.98 Å². The molecular formula is C16H18FN3O4. The summed E-state index contributed by atoms with van der Waals surface area (Å²) in [7, 11) is 1.62. The molecule has 0 bridgehead atoms. The molecule has 0 fully saturated rings. The van der Waals surface area contributed by atoms with Crippen molar-refractivity contribution in [3.05, 3.63) is 63.2 Å². The van der Waals surface area contributed by atoms with Crippen molar-refractivity contribution < 1.29 is 13.9 Å². The van der Waals surface area contributed by atoms with E-state index in [1.54, 1.807) is 7.05 Å². The highest BCUT2D eigenvalue weighted by Crippen LogP contribution is 2.11. The first kappa shape index (κ1) is 17.5. The van der Waals surface area contributed by atoms with Crippen molar-refractivity contribution in [3.63, 3.8) is 0 Å². The van der Waals surface area contributed by atoms with E-state index in [-0.39, 0.29) is 18.3 Å². The molecule has 2 aromatic rings. The summed E-state index contributed by atoms with van der Waals surface area (Å²) < 4.78 is 19.3. The number of amides is 1. The van der Waals surface area contributed by atoms with Crippen LogP contribution in [0.4, 0.5) is 4.39 Å². The second-order valence-corrected chi connectivity index (χ2v) is 5.21. The normalized spacial score (nSPS) is 10.4. The van der Waals surface area contributed by atoms with Gasteiger partial charge in [-0.25, -0.2) is 9.18 Å². The predicted molar refractivity (Wildman–Crippen MR) is 85.5 cm³/mol. The number of nitrogens with zero attached hydrogens (tertiary/aromatic N) is 2. The Hall–Kier alpha value is -2.90. The number of aromatic nitrogens is 2. The molecule has 2 rings (SSSR count). The molecular weight excluding hydrogens is 317 g/mol. The number of hydrogen-bond acceptors (Lipinski definition) is 4. The first-order valence-electron chi connectivity index (χ1n) is 7.38. The largest absolute Gasteiger partial charge is 0.494 e. The maximum atomic E-state index is 12.8. The van der Waals surface area contributed by atoms with Gasteiger partial charge in [0.2, 0.25) is 5.91 Å². The lowest BCUT2D eigenvalue weighted by molar-refractivity contribution is -0.130. The standard InChI is InChI=1S/C16H18FN3O4/c1-19(8-2-10-24-13-5-3-12(17)4-6-13)15(22)11-20-9-7-14(21)18-16(20)23/h3-7,9H,2,8,10-11H2,1H3,(H,18,21,23). The summed E-state index contributed by atoms with van der Waals surface area (Å²) in [4.78, 5) is 38.1. The number of carbonyl (C=O) groups is 1. The van der Waals surface area contributed by atoms with Crippen molar-refractivity contribution in [2.75, 3.05) is 20.2 Å². The first-order chi connectivity index (χ1) is 11.5. The van der Waals surface area contributed by atoms with Crippen LogP contribution in [0.2, 0.25) is 0 Å². The predicted octanol–water partition coefficient (Wildman–Crippen LogP) is 0.603. The number of H-pyrrole nitrogens is 1. The molecule has 7 nitrogen and oxygen atoms in total. The smallest absolute Gasteiger partial charge is 0.328 e. The Kier molecular flexibility index (Phi) is 5.89. The maximum Gasteiger partial charge on any atom is 0.328 e. The van der Waals surface area contributed by atoms with Crippen molar-refractivity contribution in [1.29, 1.82) is 0 Å². The number of aromatic amines is 1. The second kappa shape index (κ2) is 8.09. The number of hydrogen-bond donors (Lipinski definition) is 1. The lowest BCUT2D eigenvalue weighted by Gasteiger charge is -2.17. The molecule has 0 saturated heterocycles. The number of benzene rings is 1. The van der Waals surface area contributed by atoms with Gasteiger partial charge in [0.05, 0.1) is 6.61 Å². The molecule has 0 unspecified atom stereocenters. The first-order valence-corrected chi connectivity index (χ1v) is 7.38. The number of ether oxygens (including phenoxy) is 1. The van der Waals surface area contributed by atoms with Gasteiger partial charge in [0.25, 0.3) is 5.56 Å².